The number of benzene rings is 2. The Balaban J connectivity index is 1.57. The summed E-state index contributed by atoms with van der Waals surface area (Å²) in [4.78, 5) is 0. The van der Waals surface area contributed by atoms with Crippen LogP contribution in [-0.4, -0.2) is 7.11 Å². The molecule has 2 aromatic rings. The van der Waals surface area contributed by atoms with E-state index in [0.29, 0.717) is 6.61 Å². The van der Waals surface area contributed by atoms with Gasteiger partial charge in [-0.15, -0.1) is 6.58 Å². The molecule has 0 spiro atoms. The molecule has 1 fully saturated rings. The van der Waals surface area contributed by atoms with Gasteiger partial charge < -0.3 is 4.74 Å². The summed E-state index contributed by atoms with van der Waals surface area (Å²) in [6.07, 6.45) is 8.12. The molecule has 0 unspecified atom stereocenters. The summed E-state index contributed by atoms with van der Waals surface area (Å²) in [6, 6.07) is 18.2. The molecule has 0 N–H and O–H groups in total. The van der Waals surface area contributed by atoms with Gasteiger partial charge in [-0.1, -0.05) is 54.6 Å². The maximum Gasteiger partial charge on any atom is 0.0713 e. The van der Waals surface area contributed by atoms with E-state index in [9.17, 15) is 0 Å². The number of hydrogen-bond acceptors (Lipinski definition) is 1. The summed E-state index contributed by atoms with van der Waals surface area (Å²) in [6.45, 7) is 4.52. The molecule has 1 nitrogen and oxygen atoms in total. The fourth-order valence-electron chi connectivity index (χ4n) is 3.91. The molecular formula is C23H28O. The molecule has 0 aromatic heterocycles. The fraction of sp³-hybridized carbons (Fsp3) is 0.391. The van der Waals surface area contributed by atoms with E-state index < -0.39 is 0 Å². The Morgan fingerprint density at radius 3 is 1.71 bits per heavy atom. The van der Waals surface area contributed by atoms with Crippen molar-refractivity contribution in [3.05, 3.63) is 83.4 Å². The topological polar surface area (TPSA) is 9.23 Å². The molecule has 2 aromatic carbocycles. The predicted octanol–water partition coefficient (Wildman–Crippen LogP) is 6.00. The van der Waals surface area contributed by atoms with Gasteiger partial charge in [0, 0.05) is 7.11 Å². The maximum atomic E-state index is 5.19. The average molecular weight is 320 g/mol. The summed E-state index contributed by atoms with van der Waals surface area (Å²) in [5.74, 6) is 1.45. The third-order valence-electron chi connectivity index (χ3n) is 5.32. The van der Waals surface area contributed by atoms with Gasteiger partial charge in [-0.2, -0.15) is 0 Å². The third kappa shape index (κ3) is 4.15. The van der Waals surface area contributed by atoms with Crippen LogP contribution >= 0.6 is 0 Å². The molecular weight excluding hydrogens is 292 g/mol. The number of rotatable bonds is 6. The van der Waals surface area contributed by atoms with Crippen molar-refractivity contribution in [1.29, 1.82) is 0 Å². The molecule has 0 amide bonds. The zero-order chi connectivity index (χ0) is 16.8. The van der Waals surface area contributed by atoms with Gasteiger partial charge >= 0.3 is 0 Å². The van der Waals surface area contributed by atoms with E-state index in [1.54, 1.807) is 7.11 Å². The summed E-state index contributed by atoms with van der Waals surface area (Å²) in [7, 11) is 1.75. The van der Waals surface area contributed by atoms with E-state index in [2.05, 4.69) is 55.1 Å². The van der Waals surface area contributed by atoms with Gasteiger partial charge in [0.2, 0.25) is 0 Å². The van der Waals surface area contributed by atoms with Crippen LogP contribution in [0, 0.1) is 0 Å². The molecule has 1 aliphatic rings. The SMILES string of the molecule is C=CCc1ccc(C2CCC(c3ccc(COC)cc3)CC2)cc1. The summed E-state index contributed by atoms with van der Waals surface area (Å²) in [5, 5.41) is 0. The van der Waals surface area contributed by atoms with Gasteiger partial charge in [0.1, 0.15) is 0 Å². The molecule has 1 aliphatic carbocycles. The van der Waals surface area contributed by atoms with Crippen LogP contribution in [0.15, 0.2) is 61.2 Å². The molecule has 0 atom stereocenters. The molecule has 0 saturated heterocycles. The summed E-state index contributed by atoms with van der Waals surface area (Å²) < 4.78 is 5.19. The number of hydrogen-bond donors (Lipinski definition) is 0. The van der Waals surface area contributed by atoms with Gasteiger partial charge in [-0.05, 0) is 66.2 Å². The minimum atomic E-state index is 0.703. The van der Waals surface area contributed by atoms with E-state index >= 15 is 0 Å². The van der Waals surface area contributed by atoms with E-state index in [1.165, 1.54) is 47.9 Å². The van der Waals surface area contributed by atoms with Crippen LogP contribution in [0.3, 0.4) is 0 Å². The highest BCUT2D eigenvalue weighted by molar-refractivity contribution is 5.29. The smallest absolute Gasteiger partial charge is 0.0713 e. The van der Waals surface area contributed by atoms with E-state index in [-0.39, 0.29) is 0 Å². The first kappa shape index (κ1) is 17.0. The van der Waals surface area contributed by atoms with Crippen molar-refractivity contribution in [2.45, 2.75) is 50.5 Å². The molecule has 3 rings (SSSR count). The van der Waals surface area contributed by atoms with Crippen molar-refractivity contribution in [1.82, 2.24) is 0 Å². The van der Waals surface area contributed by atoms with Crippen LogP contribution in [0.5, 0.6) is 0 Å². The highest BCUT2D eigenvalue weighted by atomic mass is 16.5. The summed E-state index contributed by atoms with van der Waals surface area (Å²) >= 11 is 0. The Morgan fingerprint density at radius 1 is 0.833 bits per heavy atom. The van der Waals surface area contributed by atoms with Crippen LogP contribution in [0.1, 0.15) is 59.8 Å². The molecule has 24 heavy (non-hydrogen) atoms. The van der Waals surface area contributed by atoms with Crippen molar-refractivity contribution >= 4 is 0 Å². The molecule has 0 radical (unpaired) electrons. The lowest BCUT2D eigenvalue weighted by molar-refractivity contribution is 0.185. The maximum absolute atomic E-state index is 5.19. The lowest BCUT2D eigenvalue weighted by Gasteiger charge is -2.29. The Hall–Kier alpha value is -1.86. The Kier molecular flexibility index (Phi) is 5.87. The van der Waals surface area contributed by atoms with Crippen LogP contribution in [0.4, 0.5) is 0 Å². The van der Waals surface area contributed by atoms with Gasteiger partial charge in [0.15, 0.2) is 0 Å². The van der Waals surface area contributed by atoms with Crippen molar-refractivity contribution in [3.63, 3.8) is 0 Å². The zero-order valence-corrected chi connectivity index (χ0v) is 14.7. The second kappa shape index (κ2) is 8.30. The van der Waals surface area contributed by atoms with E-state index in [1.807, 2.05) is 6.08 Å². The zero-order valence-electron chi connectivity index (χ0n) is 14.7. The average Bonchev–Trinajstić information content (AvgIpc) is 2.64. The minimum Gasteiger partial charge on any atom is -0.380 e. The molecule has 0 aliphatic heterocycles. The van der Waals surface area contributed by atoms with Crippen LogP contribution in [-0.2, 0) is 17.8 Å². The monoisotopic (exact) mass is 320 g/mol. The first-order valence-electron chi connectivity index (χ1n) is 9.07. The third-order valence-corrected chi connectivity index (χ3v) is 5.32. The second-order valence-electron chi connectivity index (χ2n) is 6.96. The normalized spacial score (nSPS) is 20.7. The molecule has 126 valence electrons. The summed E-state index contributed by atoms with van der Waals surface area (Å²) in [5.41, 5.74) is 5.62. The van der Waals surface area contributed by atoms with Crippen molar-refractivity contribution in [2.24, 2.45) is 0 Å². The van der Waals surface area contributed by atoms with E-state index in [0.717, 1.165) is 18.3 Å². The lowest BCUT2D eigenvalue weighted by atomic mass is 9.76. The minimum absolute atomic E-state index is 0.703. The molecule has 0 bridgehead atoms. The first-order valence-corrected chi connectivity index (χ1v) is 9.07. The number of methoxy groups -OCH3 is 1. The van der Waals surface area contributed by atoms with Crippen molar-refractivity contribution in [2.75, 3.05) is 7.11 Å². The quantitative estimate of drug-likeness (QED) is 0.593. The lowest BCUT2D eigenvalue weighted by Crippen LogP contribution is -2.12. The van der Waals surface area contributed by atoms with Crippen molar-refractivity contribution < 1.29 is 4.74 Å². The largest absolute Gasteiger partial charge is 0.380 e. The highest BCUT2D eigenvalue weighted by Crippen LogP contribution is 2.40. The molecule has 0 heterocycles. The van der Waals surface area contributed by atoms with Gasteiger partial charge in [0.25, 0.3) is 0 Å². The highest BCUT2D eigenvalue weighted by Gasteiger charge is 2.23. The number of ether oxygens (including phenoxy) is 1. The van der Waals surface area contributed by atoms with Crippen LogP contribution in [0.2, 0.25) is 0 Å². The molecule has 1 saturated carbocycles. The Bertz CT molecular complexity index is 631. The Morgan fingerprint density at radius 2 is 1.29 bits per heavy atom. The van der Waals surface area contributed by atoms with Crippen LogP contribution < -0.4 is 0 Å². The van der Waals surface area contributed by atoms with Gasteiger partial charge in [0.05, 0.1) is 6.61 Å². The van der Waals surface area contributed by atoms with Gasteiger partial charge in [-0.25, -0.2) is 0 Å². The second-order valence-corrected chi connectivity index (χ2v) is 6.96. The number of allylic oxidation sites excluding steroid dienone is 1. The van der Waals surface area contributed by atoms with Crippen LogP contribution in [0.25, 0.3) is 0 Å². The standard InChI is InChI=1S/C23H28O/c1-3-4-18-5-9-20(10-6-18)22-13-15-23(16-14-22)21-11-7-19(8-12-21)17-24-2/h3,5-12,22-23H,1,4,13-17H2,2H3. The first-order chi connectivity index (χ1) is 11.8. The van der Waals surface area contributed by atoms with Gasteiger partial charge in [-0.3, -0.25) is 0 Å². The molecule has 1 heteroatoms. The fourth-order valence-corrected chi connectivity index (χ4v) is 3.91. The predicted molar refractivity (Wildman–Crippen MR) is 101 cm³/mol. The van der Waals surface area contributed by atoms with Crippen molar-refractivity contribution in [3.8, 4) is 0 Å². The Labute approximate surface area is 146 Å². The van der Waals surface area contributed by atoms with E-state index in [4.69, 9.17) is 4.74 Å².